The van der Waals surface area contributed by atoms with E-state index in [4.69, 9.17) is 4.74 Å². The summed E-state index contributed by atoms with van der Waals surface area (Å²) in [6.07, 6.45) is 2.20. The number of rotatable bonds is 1. The zero-order valence-corrected chi connectivity index (χ0v) is 15.7. The first-order chi connectivity index (χ1) is 10.8. The van der Waals surface area contributed by atoms with Crippen LogP contribution in [0.4, 0.5) is 10.5 Å². The Balaban J connectivity index is 1.60. The second-order valence-electron chi connectivity index (χ2n) is 7.84. The first-order valence-corrected chi connectivity index (χ1v) is 9.04. The van der Waals surface area contributed by atoms with Gasteiger partial charge in [-0.2, -0.15) is 0 Å². The molecule has 0 radical (unpaired) electrons. The van der Waals surface area contributed by atoms with Gasteiger partial charge in [0.05, 0.1) is 0 Å². The largest absolute Gasteiger partial charge is 0.444 e. The van der Waals surface area contributed by atoms with Gasteiger partial charge in [-0.05, 0) is 57.9 Å². The van der Waals surface area contributed by atoms with Crippen molar-refractivity contribution in [3.63, 3.8) is 0 Å². The number of halogens is 1. The van der Waals surface area contributed by atoms with Crippen LogP contribution in [0.5, 0.6) is 0 Å². The number of ether oxygens (including phenoxy) is 1. The molecule has 4 nitrogen and oxygen atoms in total. The number of hydrogen-bond donors (Lipinski definition) is 0. The van der Waals surface area contributed by atoms with Crippen molar-refractivity contribution in [2.45, 2.75) is 39.2 Å². The third-order valence-electron chi connectivity index (χ3n) is 4.56. The maximum absolute atomic E-state index is 12.1. The first kappa shape index (κ1) is 16.6. The van der Waals surface area contributed by atoms with E-state index < -0.39 is 5.60 Å². The van der Waals surface area contributed by atoms with Crippen molar-refractivity contribution in [1.82, 2.24) is 4.90 Å². The van der Waals surface area contributed by atoms with Crippen LogP contribution in [0.3, 0.4) is 0 Å². The molecule has 5 heteroatoms. The van der Waals surface area contributed by atoms with Crippen molar-refractivity contribution >= 4 is 27.7 Å². The van der Waals surface area contributed by atoms with Crippen molar-refractivity contribution in [2.75, 3.05) is 31.1 Å². The Morgan fingerprint density at radius 3 is 2.43 bits per heavy atom. The van der Waals surface area contributed by atoms with Crippen molar-refractivity contribution in [3.8, 4) is 0 Å². The lowest BCUT2D eigenvalue weighted by atomic mass is 9.73. The van der Waals surface area contributed by atoms with Crippen molar-refractivity contribution in [2.24, 2.45) is 5.41 Å². The lowest BCUT2D eigenvalue weighted by molar-refractivity contribution is -0.0390. The number of carbonyl (C=O) groups excluding carboxylic acids is 1. The Kier molecular flexibility index (Phi) is 4.34. The normalized spacial score (nSPS) is 20.3. The number of likely N-dealkylation sites (tertiary alicyclic amines) is 1. The van der Waals surface area contributed by atoms with Gasteiger partial charge in [0.2, 0.25) is 0 Å². The van der Waals surface area contributed by atoms with Gasteiger partial charge in [0.15, 0.2) is 0 Å². The first-order valence-electron chi connectivity index (χ1n) is 8.25. The molecule has 0 unspecified atom stereocenters. The molecule has 0 aromatic heterocycles. The number of hydrogen-bond acceptors (Lipinski definition) is 3. The molecule has 2 saturated heterocycles. The van der Waals surface area contributed by atoms with Crippen molar-refractivity contribution in [3.05, 3.63) is 28.7 Å². The second-order valence-corrected chi connectivity index (χ2v) is 8.75. The van der Waals surface area contributed by atoms with Crippen LogP contribution in [0.2, 0.25) is 0 Å². The van der Waals surface area contributed by atoms with E-state index >= 15 is 0 Å². The van der Waals surface area contributed by atoms with Crippen molar-refractivity contribution in [1.29, 1.82) is 0 Å². The summed E-state index contributed by atoms with van der Waals surface area (Å²) in [6, 6.07) is 8.50. The zero-order valence-electron chi connectivity index (χ0n) is 14.1. The predicted molar refractivity (Wildman–Crippen MR) is 95.8 cm³/mol. The van der Waals surface area contributed by atoms with Gasteiger partial charge in [-0.3, -0.25) is 0 Å². The highest BCUT2D eigenvalue weighted by atomic mass is 79.9. The fourth-order valence-corrected chi connectivity index (χ4v) is 3.82. The van der Waals surface area contributed by atoms with E-state index in [0.717, 1.165) is 30.7 Å². The van der Waals surface area contributed by atoms with E-state index in [0.29, 0.717) is 0 Å². The third kappa shape index (κ3) is 3.82. The van der Waals surface area contributed by atoms with Gasteiger partial charge in [-0.15, -0.1) is 0 Å². The van der Waals surface area contributed by atoms with Gasteiger partial charge in [0.25, 0.3) is 0 Å². The maximum atomic E-state index is 12.1. The summed E-state index contributed by atoms with van der Waals surface area (Å²) in [4.78, 5) is 16.4. The van der Waals surface area contributed by atoms with Crippen LogP contribution >= 0.6 is 15.9 Å². The van der Waals surface area contributed by atoms with Gasteiger partial charge in [-0.1, -0.05) is 15.9 Å². The van der Waals surface area contributed by atoms with Gasteiger partial charge < -0.3 is 14.5 Å². The Morgan fingerprint density at radius 2 is 1.83 bits per heavy atom. The van der Waals surface area contributed by atoms with Gasteiger partial charge in [0, 0.05) is 41.8 Å². The van der Waals surface area contributed by atoms with E-state index in [2.05, 4.69) is 45.1 Å². The van der Waals surface area contributed by atoms with Crippen LogP contribution in [-0.4, -0.2) is 42.8 Å². The van der Waals surface area contributed by atoms with Gasteiger partial charge in [-0.25, -0.2) is 4.79 Å². The molecular weight excluding hydrogens is 356 g/mol. The predicted octanol–water partition coefficient (Wildman–Crippen LogP) is 4.29. The summed E-state index contributed by atoms with van der Waals surface area (Å²) in [5.74, 6) is 0. The quantitative estimate of drug-likeness (QED) is 0.728. The molecule has 0 saturated carbocycles. The summed E-state index contributed by atoms with van der Waals surface area (Å²) >= 11 is 3.49. The van der Waals surface area contributed by atoms with Crippen LogP contribution in [-0.2, 0) is 4.74 Å². The standard InChI is InChI=1S/C18H25BrN2O2/c1-17(2,3)23-16(22)21-12-18(13-21)9-4-10-20(11-18)15-7-5-14(19)6-8-15/h5-8H,4,9-13H2,1-3H3. The zero-order chi connectivity index (χ0) is 16.7. The molecule has 2 fully saturated rings. The van der Waals surface area contributed by atoms with Crippen LogP contribution < -0.4 is 4.90 Å². The fourth-order valence-electron chi connectivity index (χ4n) is 3.56. The molecule has 3 rings (SSSR count). The van der Waals surface area contributed by atoms with Crippen LogP contribution in [0.1, 0.15) is 33.6 Å². The highest BCUT2D eigenvalue weighted by molar-refractivity contribution is 9.10. The summed E-state index contributed by atoms with van der Waals surface area (Å²) < 4.78 is 6.57. The number of piperidine rings is 1. The molecule has 1 amide bonds. The van der Waals surface area contributed by atoms with Crippen molar-refractivity contribution < 1.29 is 9.53 Å². The summed E-state index contributed by atoms with van der Waals surface area (Å²) in [5.41, 5.74) is 1.08. The Morgan fingerprint density at radius 1 is 1.17 bits per heavy atom. The van der Waals surface area contributed by atoms with Crippen LogP contribution in [0, 0.1) is 5.41 Å². The smallest absolute Gasteiger partial charge is 0.410 e. The average Bonchev–Trinajstić information content (AvgIpc) is 2.43. The molecule has 126 valence electrons. The monoisotopic (exact) mass is 380 g/mol. The molecule has 2 heterocycles. The molecule has 1 spiro atoms. The Hall–Kier alpha value is -1.23. The molecule has 2 aliphatic heterocycles. The molecule has 0 bridgehead atoms. The van der Waals surface area contributed by atoms with E-state index in [1.54, 1.807) is 0 Å². The number of nitrogens with zero attached hydrogens (tertiary/aromatic N) is 2. The fraction of sp³-hybridized carbons (Fsp3) is 0.611. The SMILES string of the molecule is CC(C)(C)OC(=O)N1CC2(CCCN(c3ccc(Br)cc3)C2)C1. The van der Waals surface area contributed by atoms with E-state index in [1.807, 2.05) is 25.7 Å². The average molecular weight is 381 g/mol. The molecule has 0 aliphatic carbocycles. The maximum Gasteiger partial charge on any atom is 0.410 e. The molecule has 23 heavy (non-hydrogen) atoms. The molecule has 1 aromatic rings. The molecule has 0 N–H and O–H groups in total. The molecule has 2 aliphatic rings. The van der Waals surface area contributed by atoms with E-state index in [1.165, 1.54) is 18.5 Å². The number of anilines is 1. The number of amides is 1. The van der Waals surface area contributed by atoms with E-state index in [9.17, 15) is 4.79 Å². The minimum absolute atomic E-state index is 0.177. The topological polar surface area (TPSA) is 32.8 Å². The summed E-state index contributed by atoms with van der Waals surface area (Å²) in [5, 5.41) is 0. The molecule has 0 atom stereocenters. The number of carbonyl (C=O) groups is 1. The highest BCUT2D eigenvalue weighted by Crippen LogP contribution is 2.41. The third-order valence-corrected chi connectivity index (χ3v) is 5.09. The van der Waals surface area contributed by atoms with Gasteiger partial charge in [0.1, 0.15) is 5.60 Å². The lowest BCUT2D eigenvalue weighted by Gasteiger charge is -2.54. The number of benzene rings is 1. The van der Waals surface area contributed by atoms with Crippen LogP contribution in [0.25, 0.3) is 0 Å². The van der Waals surface area contributed by atoms with Crippen LogP contribution in [0.15, 0.2) is 28.7 Å². The molecular formula is C18H25BrN2O2. The minimum Gasteiger partial charge on any atom is -0.444 e. The van der Waals surface area contributed by atoms with E-state index in [-0.39, 0.29) is 11.5 Å². The summed E-state index contributed by atoms with van der Waals surface area (Å²) in [6.45, 7) is 9.48. The van der Waals surface area contributed by atoms with Gasteiger partial charge >= 0.3 is 6.09 Å². The lowest BCUT2D eigenvalue weighted by Crippen LogP contribution is -2.64. The second kappa shape index (κ2) is 6.00. The highest BCUT2D eigenvalue weighted by Gasteiger charge is 2.48. The minimum atomic E-state index is -0.421. The summed E-state index contributed by atoms with van der Waals surface area (Å²) in [7, 11) is 0. The Bertz CT molecular complexity index is 574. The molecule has 1 aromatic carbocycles. The Labute approximate surface area is 146 Å².